The lowest BCUT2D eigenvalue weighted by Gasteiger charge is -2.21. The number of aromatic nitrogens is 3. The van der Waals surface area contributed by atoms with Crippen LogP contribution in [0.4, 0.5) is 0 Å². The number of nitrogens with one attached hydrogen (secondary N) is 2. The zero-order valence-electron chi connectivity index (χ0n) is 13.5. The van der Waals surface area contributed by atoms with Crippen LogP contribution in [-0.2, 0) is 16.1 Å². The van der Waals surface area contributed by atoms with Gasteiger partial charge in [0.05, 0.1) is 0 Å². The number of carbonyl (C=O) groups is 2. The summed E-state index contributed by atoms with van der Waals surface area (Å²) in [5.74, 6) is 0.222. The largest absolute Gasteiger partial charge is 0.350 e. The van der Waals surface area contributed by atoms with Crippen LogP contribution < -0.4 is 10.6 Å². The first-order valence-corrected chi connectivity index (χ1v) is 7.47. The molecule has 0 fully saturated rings. The summed E-state index contributed by atoms with van der Waals surface area (Å²) in [5, 5.41) is 9.69. The van der Waals surface area contributed by atoms with Crippen molar-refractivity contribution < 1.29 is 9.59 Å². The van der Waals surface area contributed by atoms with Crippen LogP contribution in [0.5, 0.6) is 0 Å². The highest BCUT2D eigenvalue weighted by Crippen LogP contribution is 2.10. The van der Waals surface area contributed by atoms with E-state index in [1.807, 2.05) is 32.0 Å². The van der Waals surface area contributed by atoms with Gasteiger partial charge in [0.25, 0.3) is 0 Å². The first kappa shape index (κ1) is 16.7. The predicted octanol–water partition coefficient (Wildman–Crippen LogP) is 1.04. The molecule has 1 atom stereocenters. The van der Waals surface area contributed by atoms with Gasteiger partial charge in [0.1, 0.15) is 6.04 Å². The van der Waals surface area contributed by atoms with Gasteiger partial charge < -0.3 is 10.6 Å². The summed E-state index contributed by atoms with van der Waals surface area (Å²) in [6, 6.07) is 4.94. The molecule has 122 valence electrons. The van der Waals surface area contributed by atoms with E-state index in [-0.39, 0.29) is 17.7 Å². The number of carbonyl (C=O) groups excluding carboxylic acids is 2. The molecule has 0 aliphatic carbocycles. The number of pyridine rings is 1. The first-order chi connectivity index (χ1) is 11.0. The molecule has 2 heterocycles. The van der Waals surface area contributed by atoms with Crippen LogP contribution in [0.25, 0.3) is 5.82 Å². The van der Waals surface area contributed by atoms with Gasteiger partial charge >= 0.3 is 0 Å². The third kappa shape index (κ3) is 4.38. The van der Waals surface area contributed by atoms with E-state index in [1.165, 1.54) is 6.92 Å². The number of hydrogen-bond donors (Lipinski definition) is 2. The lowest BCUT2D eigenvalue weighted by molar-refractivity contribution is -0.129. The van der Waals surface area contributed by atoms with E-state index in [9.17, 15) is 9.59 Å². The summed E-state index contributed by atoms with van der Waals surface area (Å²) in [6.07, 6.45) is 5.14. The Bertz CT molecular complexity index is 667. The molecule has 0 saturated heterocycles. The Hall–Kier alpha value is -2.70. The second kappa shape index (κ2) is 7.53. The minimum atomic E-state index is -0.558. The average molecular weight is 315 g/mol. The van der Waals surface area contributed by atoms with Crippen LogP contribution in [0, 0.1) is 5.92 Å². The standard InChI is InChI=1S/C16H21N5O2/c1-11(2)14(20-12(3)22)16(23)18-10-13-6-4-7-17-15(13)21-9-5-8-19-21/h4-9,11,14H,10H2,1-3H3,(H,18,23)(H,20,22)/t14-/m1/s1. The van der Waals surface area contributed by atoms with Crippen LogP contribution in [0.1, 0.15) is 26.3 Å². The highest BCUT2D eigenvalue weighted by atomic mass is 16.2. The SMILES string of the molecule is CC(=O)N[C@@H](C(=O)NCc1cccnc1-n1cccn1)C(C)C. The molecule has 0 bridgehead atoms. The molecule has 7 nitrogen and oxygen atoms in total. The van der Waals surface area contributed by atoms with Gasteiger partial charge in [-0.1, -0.05) is 19.9 Å². The Morgan fingerprint density at radius 2 is 2.04 bits per heavy atom. The molecule has 0 radical (unpaired) electrons. The van der Waals surface area contributed by atoms with Crippen LogP contribution in [0.15, 0.2) is 36.8 Å². The highest BCUT2D eigenvalue weighted by Gasteiger charge is 2.22. The lowest BCUT2D eigenvalue weighted by Crippen LogP contribution is -2.48. The molecule has 2 aromatic heterocycles. The fraction of sp³-hybridized carbons (Fsp3) is 0.375. The second-order valence-corrected chi connectivity index (χ2v) is 5.58. The van der Waals surface area contributed by atoms with Crippen molar-refractivity contribution in [3.63, 3.8) is 0 Å². The summed E-state index contributed by atoms with van der Waals surface area (Å²) in [5.41, 5.74) is 0.842. The number of amides is 2. The van der Waals surface area contributed by atoms with Gasteiger partial charge in [-0.2, -0.15) is 5.10 Å². The maximum absolute atomic E-state index is 12.3. The van der Waals surface area contributed by atoms with Crippen molar-refractivity contribution in [2.24, 2.45) is 5.92 Å². The van der Waals surface area contributed by atoms with Crippen molar-refractivity contribution in [2.45, 2.75) is 33.4 Å². The minimum absolute atomic E-state index is 0.00150. The third-order valence-electron chi connectivity index (χ3n) is 3.35. The van der Waals surface area contributed by atoms with Crippen molar-refractivity contribution in [3.8, 4) is 5.82 Å². The third-order valence-corrected chi connectivity index (χ3v) is 3.35. The zero-order valence-corrected chi connectivity index (χ0v) is 13.5. The van der Waals surface area contributed by atoms with Crippen LogP contribution >= 0.6 is 0 Å². The van der Waals surface area contributed by atoms with Crippen LogP contribution in [0.3, 0.4) is 0 Å². The number of hydrogen-bond acceptors (Lipinski definition) is 4. The van der Waals surface area contributed by atoms with Crippen molar-refractivity contribution in [2.75, 3.05) is 0 Å². The molecule has 0 saturated carbocycles. The maximum Gasteiger partial charge on any atom is 0.243 e. The van der Waals surface area contributed by atoms with Gasteiger partial charge in [0.15, 0.2) is 5.82 Å². The normalized spacial score (nSPS) is 12.0. The molecule has 0 aliphatic rings. The molecule has 2 rings (SSSR count). The van der Waals surface area contributed by atoms with Gasteiger partial charge in [-0.05, 0) is 18.1 Å². The Labute approximate surface area is 135 Å². The summed E-state index contributed by atoms with van der Waals surface area (Å²) in [7, 11) is 0. The zero-order chi connectivity index (χ0) is 16.8. The van der Waals surface area contributed by atoms with Gasteiger partial charge in [-0.15, -0.1) is 0 Å². The molecule has 2 N–H and O–H groups in total. The van der Waals surface area contributed by atoms with E-state index in [4.69, 9.17) is 0 Å². The van der Waals surface area contributed by atoms with Crippen molar-refractivity contribution in [3.05, 3.63) is 42.4 Å². The average Bonchev–Trinajstić information content (AvgIpc) is 3.04. The van der Waals surface area contributed by atoms with Gasteiger partial charge in [0.2, 0.25) is 11.8 Å². The van der Waals surface area contributed by atoms with Gasteiger partial charge in [-0.25, -0.2) is 9.67 Å². The van der Waals surface area contributed by atoms with Gasteiger partial charge in [-0.3, -0.25) is 9.59 Å². The van der Waals surface area contributed by atoms with Crippen molar-refractivity contribution >= 4 is 11.8 Å². The Morgan fingerprint density at radius 3 is 2.65 bits per heavy atom. The predicted molar refractivity (Wildman–Crippen MR) is 85.6 cm³/mol. The van der Waals surface area contributed by atoms with Gasteiger partial charge in [0, 0.05) is 37.6 Å². The molecule has 23 heavy (non-hydrogen) atoms. The molecule has 0 aromatic carbocycles. The highest BCUT2D eigenvalue weighted by molar-refractivity contribution is 5.87. The van der Waals surface area contributed by atoms with E-state index < -0.39 is 6.04 Å². The topological polar surface area (TPSA) is 88.9 Å². The van der Waals surface area contributed by atoms with Crippen LogP contribution in [0.2, 0.25) is 0 Å². The Balaban J connectivity index is 2.09. The number of nitrogens with zero attached hydrogens (tertiary/aromatic N) is 3. The number of rotatable bonds is 6. The lowest BCUT2D eigenvalue weighted by atomic mass is 10.0. The van der Waals surface area contributed by atoms with E-state index in [2.05, 4.69) is 20.7 Å². The molecular formula is C16H21N5O2. The van der Waals surface area contributed by atoms with E-state index in [0.29, 0.717) is 12.4 Å². The van der Waals surface area contributed by atoms with Crippen molar-refractivity contribution in [1.29, 1.82) is 0 Å². The monoisotopic (exact) mass is 315 g/mol. The molecule has 0 spiro atoms. The summed E-state index contributed by atoms with van der Waals surface area (Å²) in [4.78, 5) is 27.9. The quantitative estimate of drug-likeness (QED) is 0.834. The molecule has 7 heteroatoms. The summed E-state index contributed by atoms with van der Waals surface area (Å²) >= 11 is 0. The Kier molecular flexibility index (Phi) is 5.46. The minimum Gasteiger partial charge on any atom is -0.350 e. The Morgan fingerprint density at radius 1 is 1.26 bits per heavy atom. The van der Waals surface area contributed by atoms with E-state index in [1.54, 1.807) is 23.3 Å². The summed E-state index contributed by atoms with van der Waals surface area (Å²) in [6.45, 7) is 5.49. The fourth-order valence-corrected chi connectivity index (χ4v) is 2.21. The maximum atomic E-state index is 12.3. The second-order valence-electron chi connectivity index (χ2n) is 5.58. The van der Waals surface area contributed by atoms with Crippen LogP contribution in [-0.4, -0.2) is 32.6 Å². The smallest absolute Gasteiger partial charge is 0.243 e. The molecular weight excluding hydrogens is 294 g/mol. The van der Waals surface area contributed by atoms with E-state index >= 15 is 0 Å². The summed E-state index contributed by atoms with van der Waals surface area (Å²) < 4.78 is 1.65. The van der Waals surface area contributed by atoms with Crippen molar-refractivity contribution in [1.82, 2.24) is 25.4 Å². The molecule has 2 aromatic rings. The molecule has 0 unspecified atom stereocenters. The van der Waals surface area contributed by atoms with E-state index in [0.717, 1.165) is 5.56 Å². The first-order valence-electron chi connectivity index (χ1n) is 7.47. The molecule has 0 aliphatic heterocycles. The molecule has 2 amide bonds. The fourth-order valence-electron chi connectivity index (χ4n) is 2.21.